The van der Waals surface area contributed by atoms with Gasteiger partial charge in [-0.25, -0.2) is 0 Å². The average Bonchev–Trinajstić information content (AvgIpc) is 3.07. The Kier molecular flexibility index (Phi) is 4.62. The van der Waals surface area contributed by atoms with Crippen LogP contribution in [0, 0.1) is 5.92 Å². The minimum absolute atomic E-state index is 0.0202. The van der Waals surface area contributed by atoms with Crippen LogP contribution >= 0.6 is 11.8 Å². The monoisotopic (exact) mass is 366 g/mol. The summed E-state index contributed by atoms with van der Waals surface area (Å²) in [5.74, 6) is 0.674. The van der Waals surface area contributed by atoms with Gasteiger partial charge in [0.1, 0.15) is 18.7 Å². The second kappa shape index (κ2) is 7.21. The molecular weight excluding hydrogens is 348 g/mol. The number of benzene rings is 2. The number of rotatable bonds is 4. The summed E-state index contributed by atoms with van der Waals surface area (Å²) in [6, 6.07) is 15.6. The highest BCUT2D eigenvalue weighted by atomic mass is 32.2. The molecule has 4 rings (SSSR count). The van der Waals surface area contributed by atoms with Gasteiger partial charge in [0, 0.05) is 17.6 Å². The summed E-state index contributed by atoms with van der Waals surface area (Å²) in [6.07, 6.45) is 2.36. The molecule has 0 bridgehead atoms. The standard InChI is InChI=1S/C19H18N4O2S/c1-23-12-20-22-19(23)26-16-8-6-15(7-9-16)21-18(24)14-10-13-4-2-3-5-17(13)25-11-14/h2-9,12,14H,10-11H2,1H3,(H,21,24). The van der Waals surface area contributed by atoms with E-state index in [2.05, 4.69) is 15.5 Å². The second-order valence-electron chi connectivity index (χ2n) is 6.16. The molecule has 1 aliphatic rings. The number of aryl methyl sites for hydroxylation is 1. The predicted molar refractivity (Wildman–Crippen MR) is 99.3 cm³/mol. The highest BCUT2D eigenvalue weighted by Gasteiger charge is 2.25. The molecule has 6 nitrogen and oxygen atoms in total. The van der Waals surface area contributed by atoms with E-state index in [1.807, 2.05) is 60.1 Å². The number of hydrogen-bond donors (Lipinski definition) is 1. The SMILES string of the molecule is Cn1cnnc1Sc1ccc(NC(=O)C2COc3ccccc3C2)cc1. The van der Waals surface area contributed by atoms with Crippen LogP contribution in [0.25, 0.3) is 0 Å². The summed E-state index contributed by atoms with van der Waals surface area (Å²) >= 11 is 1.53. The molecule has 1 N–H and O–H groups in total. The summed E-state index contributed by atoms with van der Waals surface area (Å²) < 4.78 is 7.57. The lowest BCUT2D eigenvalue weighted by Crippen LogP contribution is -2.32. The Bertz CT molecular complexity index is 923. The largest absolute Gasteiger partial charge is 0.492 e. The molecule has 1 amide bonds. The fraction of sp³-hybridized carbons (Fsp3) is 0.211. The van der Waals surface area contributed by atoms with Gasteiger partial charge in [-0.1, -0.05) is 18.2 Å². The Morgan fingerprint density at radius 3 is 2.81 bits per heavy atom. The maximum Gasteiger partial charge on any atom is 0.231 e. The van der Waals surface area contributed by atoms with Crippen LogP contribution in [0.5, 0.6) is 5.75 Å². The highest BCUT2D eigenvalue weighted by molar-refractivity contribution is 7.99. The summed E-state index contributed by atoms with van der Waals surface area (Å²) in [5, 5.41) is 11.7. The van der Waals surface area contributed by atoms with Crippen molar-refractivity contribution in [3.63, 3.8) is 0 Å². The molecule has 2 heterocycles. The number of amides is 1. The van der Waals surface area contributed by atoms with Gasteiger partial charge in [-0.15, -0.1) is 10.2 Å². The van der Waals surface area contributed by atoms with Gasteiger partial charge in [-0.05, 0) is 54.1 Å². The van der Waals surface area contributed by atoms with E-state index in [9.17, 15) is 4.79 Å². The van der Waals surface area contributed by atoms with Crippen LogP contribution in [-0.2, 0) is 18.3 Å². The topological polar surface area (TPSA) is 69.0 Å². The van der Waals surface area contributed by atoms with Gasteiger partial charge in [-0.2, -0.15) is 0 Å². The normalized spacial score (nSPS) is 15.8. The smallest absolute Gasteiger partial charge is 0.231 e. The van der Waals surface area contributed by atoms with Crippen LogP contribution < -0.4 is 10.1 Å². The lowest BCUT2D eigenvalue weighted by molar-refractivity contribution is -0.121. The molecule has 7 heteroatoms. The molecule has 2 aromatic carbocycles. The molecule has 0 spiro atoms. The lowest BCUT2D eigenvalue weighted by Gasteiger charge is -2.24. The average molecular weight is 366 g/mol. The molecule has 132 valence electrons. The summed E-state index contributed by atoms with van der Waals surface area (Å²) in [4.78, 5) is 13.6. The third-order valence-electron chi connectivity index (χ3n) is 4.25. The third-order valence-corrected chi connectivity index (χ3v) is 5.31. The first kappa shape index (κ1) is 16.7. The summed E-state index contributed by atoms with van der Waals surface area (Å²) in [5.41, 5.74) is 1.85. The first-order valence-electron chi connectivity index (χ1n) is 8.32. The molecule has 3 aromatic rings. The molecule has 26 heavy (non-hydrogen) atoms. The van der Waals surface area contributed by atoms with E-state index in [0.717, 1.165) is 27.1 Å². The van der Waals surface area contributed by atoms with E-state index in [1.165, 1.54) is 11.8 Å². The third kappa shape index (κ3) is 3.57. The van der Waals surface area contributed by atoms with E-state index in [-0.39, 0.29) is 11.8 Å². The van der Waals surface area contributed by atoms with Crippen LogP contribution in [0.3, 0.4) is 0 Å². The van der Waals surface area contributed by atoms with E-state index >= 15 is 0 Å². The summed E-state index contributed by atoms with van der Waals surface area (Å²) in [6.45, 7) is 0.406. The molecule has 1 atom stereocenters. The maximum atomic E-state index is 12.5. The van der Waals surface area contributed by atoms with Crippen LogP contribution in [0.2, 0.25) is 0 Å². The number of nitrogens with zero attached hydrogens (tertiary/aromatic N) is 3. The number of para-hydroxylation sites is 1. The zero-order chi connectivity index (χ0) is 17.9. The fourth-order valence-electron chi connectivity index (χ4n) is 2.82. The van der Waals surface area contributed by atoms with Crippen LogP contribution in [0.1, 0.15) is 5.56 Å². The van der Waals surface area contributed by atoms with Crippen LogP contribution in [0.15, 0.2) is 64.9 Å². The quantitative estimate of drug-likeness (QED) is 0.768. The number of carbonyl (C=O) groups is 1. The number of ether oxygens (including phenoxy) is 1. The molecule has 0 radical (unpaired) electrons. The van der Waals surface area contributed by atoms with Gasteiger partial charge in [0.15, 0.2) is 5.16 Å². The minimum atomic E-state index is -0.183. The van der Waals surface area contributed by atoms with E-state index in [4.69, 9.17) is 4.74 Å². The van der Waals surface area contributed by atoms with Crippen LogP contribution in [-0.4, -0.2) is 27.3 Å². The number of anilines is 1. The Balaban J connectivity index is 1.38. The van der Waals surface area contributed by atoms with Crippen molar-refractivity contribution in [2.24, 2.45) is 13.0 Å². The molecule has 0 saturated heterocycles. The van der Waals surface area contributed by atoms with E-state index < -0.39 is 0 Å². The fourth-order valence-corrected chi connectivity index (χ4v) is 3.58. The molecule has 1 unspecified atom stereocenters. The van der Waals surface area contributed by atoms with Crippen LogP contribution in [0.4, 0.5) is 5.69 Å². The van der Waals surface area contributed by atoms with Crippen molar-refractivity contribution in [1.82, 2.24) is 14.8 Å². The zero-order valence-corrected chi connectivity index (χ0v) is 15.1. The van der Waals surface area contributed by atoms with Crippen molar-refractivity contribution < 1.29 is 9.53 Å². The first-order chi connectivity index (χ1) is 12.7. The molecule has 0 aliphatic carbocycles. The van der Waals surface area contributed by atoms with Gasteiger partial charge >= 0.3 is 0 Å². The second-order valence-corrected chi connectivity index (χ2v) is 7.20. The molecular formula is C19H18N4O2S. The van der Waals surface area contributed by atoms with Gasteiger partial charge in [0.05, 0.1) is 5.92 Å². The molecule has 0 fully saturated rings. The predicted octanol–water partition coefficient (Wildman–Crippen LogP) is 3.16. The number of hydrogen-bond acceptors (Lipinski definition) is 5. The molecule has 1 aliphatic heterocycles. The Morgan fingerprint density at radius 2 is 2.04 bits per heavy atom. The number of nitrogens with one attached hydrogen (secondary N) is 1. The Morgan fingerprint density at radius 1 is 1.23 bits per heavy atom. The van der Waals surface area contributed by atoms with Gasteiger partial charge in [0.2, 0.25) is 5.91 Å². The van der Waals surface area contributed by atoms with E-state index in [0.29, 0.717) is 13.0 Å². The number of aromatic nitrogens is 3. The number of fused-ring (bicyclic) bond motifs is 1. The van der Waals surface area contributed by atoms with Crippen molar-refractivity contribution in [3.05, 3.63) is 60.4 Å². The number of carbonyl (C=O) groups excluding carboxylic acids is 1. The molecule has 1 aromatic heterocycles. The van der Waals surface area contributed by atoms with Crippen molar-refractivity contribution in [3.8, 4) is 5.75 Å². The zero-order valence-electron chi connectivity index (χ0n) is 14.3. The van der Waals surface area contributed by atoms with Crippen molar-refractivity contribution in [2.75, 3.05) is 11.9 Å². The van der Waals surface area contributed by atoms with Gasteiger partial charge in [-0.3, -0.25) is 4.79 Å². The summed E-state index contributed by atoms with van der Waals surface area (Å²) in [7, 11) is 1.90. The molecule has 0 saturated carbocycles. The Hall–Kier alpha value is -2.80. The Labute approximate surface area is 155 Å². The first-order valence-corrected chi connectivity index (χ1v) is 9.14. The lowest BCUT2D eigenvalue weighted by atomic mass is 9.96. The van der Waals surface area contributed by atoms with Crippen molar-refractivity contribution in [1.29, 1.82) is 0 Å². The van der Waals surface area contributed by atoms with E-state index in [1.54, 1.807) is 6.33 Å². The van der Waals surface area contributed by atoms with Crippen molar-refractivity contribution in [2.45, 2.75) is 16.5 Å². The maximum absolute atomic E-state index is 12.5. The van der Waals surface area contributed by atoms with Crippen molar-refractivity contribution >= 4 is 23.4 Å². The highest BCUT2D eigenvalue weighted by Crippen LogP contribution is 2.29. The minimum Gasteiger partial charge on any atom is -0.492 e. The van der Waals surface area contributed by atoms with Gasteiger partial charge in [0.25, 0.3) is 0 Å². The van der Waals surface area contributed by atoms with Gasteiger partial charge < -0.3 is 14.6 Å².